The number of carboxylic acid groups (broad SMARTS) is 1. The lowest BCUT2D eigenvalue weighted by Gasteiger charge is -2.30. The fraction of sp³-hybridized carbons (Fsp3) is 0.556. The van der Waals surface area contributed by atoms with Gasteiger partial charge >= 0.3 is 5.97 Å². The Bertz CT molecular complexity index is 559. The van der Waals surface area contributed by atoms with Gasteiger partial charge in [0.2, 0.25) is 0 Å². The molecule has 0 bridgehead atoms. The Labute approximate surface area is 136 Å². The first-order valence-corrected chi connectivity index (χ1v) is 8.19. The molecule has 1 aromatic rings. The van der Waals surface area contributed by atoms with Gasteiger partial charge in [-0.25, -0.2) is 4.39 Å². The van der Waals surface area contributed by atoms with Gasteiger partial charge in [-0.2, -0.15) is 0 Å². The molecule has 0 amide bonds. The van der Waals surface area contributed by atoms with E-state index >= 15 is 0 Å². The quantitative estimate of drug-likeness (QED) is 0.785. The third-order valence-corrected chi connectivity index (χ3v) is 4.99. The molecule has 0 spiro atoms. The van der Waals surface area contributed by atoms with Crippen molar-refractivity contribution in [2.75, 3.05) is 13.1 Å². The molecule has 0 radical (unpaired) electrons. The third-order valence-electron chi connectivity index (χ3n) is 4.99. The van der Waals surface area contributed by atoms with Gasteiger partial charge in [0.15, 0.2) is 0 Å². The summed E-state index contributed by atoms with van der Waals surface area (Å²) in [7, 11) is 0. The Morgan fingerprint density at radius 1 is 1.39 bits per heavy atom. The second-order valence-electron chi connectivity index (χ2n) is 6.27. The molecule has 1 saturated heterocycles. The van der Waals surface area contributed by atoms with Gasteiger partial charge in [0, 0.05) is 24.9 Å². The van der Waals surface area contributed by atoms with Gasteiger partial charge in [-0.1, -0.05) is 38.8 Å². The summed E-state index contributed by atoms with van der Waals surface area (Å²) in [5.41, 5.74) is 0.762. The smallest absolute Gasteiger partial charge is 0.321 e. The molecule has 1 N–H and O–H groups in total. The molecule has 1 fully saturated rings. The third kappa shape index (κ3) is 3.78. The molecule has 1 heterocycles. The molecule has 2 rings (SSSR count). The fourth-order valence-corrected chi connectivity index (χ4v) is 3.71. The fourth-order valence-electron chi connectivity index (χ4n) is 3.71. The summed E-state index contributed by atoms with van der Waals surface area (Å²) in [6.07, 6.45) is 2.43. The number of carboxylic acids is 1. The molecule has 23 heavy (non-hydrogen) atoms. The number of carbonyl (C=O) groups excluding carboxylic acids is 1. The minimum absolute atomic E-state index is 0.0473. The van der Waals surface area contributed by atoms with Crippen molar-refractivity contribution < 1.29 is 19.1 Å². The van der Waals surface area contributed by atoms with E-state index in [1.165, 1.54) is 12.1 Å². The van der Waals surface area contributed by atoms with Crippen LogP contribution in [0.1, 0.15) is 38.2 Å². The van der Waals surface area contributed by atoms with Crippen LogP contribution < -0.4 is 0 Å². The van der Waals surface area contributed by atoms with Gasteiger partial charge in [-0.05, 0) is 23.6 Å². The Kier molecular flexibility index (Phi) is 5.88. The maximum atomic E-state index is 13.5. The molecule has 0 aliphatic carbocycles. The zero-order valence-electron chi connectivity index (χ0n) is 13.6. The van der Waals surface area contributed by atoms with Crippen molar-refractivity contribution in [2.45, 2.75) is 38.6 Å². The minimum Gasteiger partial charge on any atom is -0.480 e. The molecule has 0 aromatic heterocycles. The zero-order chi connectivity index (χ0) is 17.0. The first kappa shape index (κ1) is 17.6. The van der Waals surface area contributed by atoms with Gasteiger partial charge < -0.3 is 9.90 Å². The number of benzene rings is 1. The average Bonchev–Trinajstić information content (AvgIpc) is 2.95. The number of aliphatic carboxylic acids is 1. The molecule has 3 atom stereocenters. The number of likely N-dealkylation sites (tertiary alicyclic amines) is 1. The van der Waals surface area contributed by atoms with Crippen LogP contribution in [0.15, 0.2) is 24.3 Å². The summed E-state index contributed by atoms with van der Waals surface area (Å²) in [6.45, 7) is 4.86. The maximum Gasteiger partial charge on any atom is 0.321 e. The largest absolute Gasteiger partial charge is 0.480 e. The van der Waals surface area contributed by atoms with Gasteiger partial charge in [-0.15, -0.1) is 0 Å². The van der Waals surface area contributed by atoms with E-state index in [2.05, 4.69) is 0 Å². The second-order valence-corrected chi connectivity index (χ2v) is 6.27. The molecule has 126 valence electrons. The standard InChI is InChI=1S/C18H24FNO3/c1-3-12(4-2)17(18(22)23)20-9-14(11-21)16(10-20)13-6-5-7-15(19)8-13/h5-8,11-12,14,16-17H,3-4,9-10H2,1-2H3,(H,22,23)/t14?,16?,17-/m0/s1. The van der Waals surface area contributed by atoms with Crippen LogP contribution in [0.3, 0.4) is 0 Å². The van der Waals surface area contributed by atoms with E-state index in [1.807, 2.05) is 18.7 Å². The van der Waals surface area contributed by atoms with E-state index in [1.54, 1.807) is 12.1 Å². The minimum atomic E-state index is -0.844. The number of hydrogen-bond acceptors (Lipinski definition) is 3. The molecule has 1 aromatic carbocycles. The summed E-state index contributed by atoms with van der Waals surface area (Å²) in [4.78, 5) is 25.1. The molecule has 1 aliphatic heterocycles. The van der Waals surface area contributed by atoms with E-state index in [-0.39, 0.29) is 23.6 Å². The van der Waals surface area contributed by atoms with Crippen LogP contribution in [-0.2, 0) is 9.59 Å². The molecule has 5 heteroatoms. The average molecular weight is 321 g/mol. The van der Waals surface area contributed by atoms with Crippen LogP contribution in [0.25, 0.3) is 0 Å². The Morgan fingerprint density at radius 2 is 2.09 bits per heavy atom. The van der Waals surface area contributed by atoms with Crippen molar-refractivity contribution in [2.24, 2.45) is 11.8 Å². The van der Waals surface area contributed by atoms with Crippen LogP contribution in [0, 0.1) is 17.7 Å². The normalized spacial score (nSPS) is 23.1. The lowest BCUT2D eigenvalue weighted by atomic mass is 9.90. The predicted molar refractivity (Wildman–Crippen MR) is 85.8 cm³/mol. The number of halogens is 1. The molecule has 1 aliphatic rings. The van der Waals surface area contributed by atoms with Crippen molar-refractivity contribution in [3.05, 3.63) is 35.6 Å². The van der Waals surface area contributed by atoms with Gasteiger partial charge in [0.05, 0.1) is 0 Å². The number of rotatable bonds is 7. The maximum absolute atomic E-state index is 13.5. The lowest BCUT2D eigenvalue weighted by molar-refractivity contribution is -0.145. The van der Waals surface area contributed by atoms with Crippen molar-refractivity contribution in [3.8, 4) is 0 Å². The summed E-state index contributed by atoms with van der Waals surface area (Å²) in [5, 5.41) is 9.64. The highest BCUT2D eigenvalue weighted by atomic mass is 19.1. The van der Waals surface area contributed by atoms with E-state index in [9.17, 15) is 19.1 Å². The first-order valence-electron chi connectivity index (χ1n) is 8.19. The van der Waals surface area contributed by atoms with E-state index in [0.717, 1.165) is 24.7 Å². The first-order chi connectivity index (χ1) is 11.0. The van der Waals surface area contributed by atoms with E-state index in [0.29, 0.717) is 13.1 Å². The number of carbonyl (C=O) groups is 2. The lowest BCUT2D eigenvalue weighted by Crippen LogP contribution is -2.45. The topological polar surface area (TPSA) is 57.6 Å². The number of aldehydes is 1. The Hall–Kier alpha value is -1.75. The molecular weight excluding hydrogens is 297 g/mol. The second kappa shape index (κ2) is 7.68. The van der Waals surface area contributed by atoms with E-state index < -0.39 is 12.0 Å². The zero-order valence-corrected chi connectivity index (χ0v) is 13.6. The highest BCUT2D eigenvalue weighted by Gasteiger charge is 2.41. The molecule has 4 nitrogen and oxygen atoms in total. The van der Waals surface area contributed by atoms with Crippen molar-refractivity contribution >= 4 is 12.3 Å². The summed E-state index contributed by atoms with van der Waals surface area (Å²) in [6, 6.07) is 5.66. The van der Waals surface area contributed by atoms with Crippen molar-refractivity contribution in [1.82, 2.24) is 4.90 Å². The van der Waals surface area contributed by atoms with Crippen LogP contribution in [0.2, 0.25) is 0 Å². The van der Waals surface area contributed by atoms with Gasteiger partial charge in [0.1, 0.15) is 18.1 Å². The van der Waals surface area contributed by atoms with Crippen LogP contribution in [0.4, 0.5) is 4.39 Å². The van der Waals surface area contributed by atoms with Crippen LogP contribution in [-0.4, -0.2) is 41.4 Å². The predicted octanol–water partition coefficient (Wildman–Crippen LogP) is 2.93. The Balaban J connectivity index is 2.26. The van der Waals surface area contributed by atoms with Crippen molar-refractivity contribution in [3.63, 3.8) is 0 Å². The molecule has 2 unspecified atom stereocenters. The van der Waals surface area contributed by atoms with Crippen molar-refractivity contribution in [1.29, 1.82) is 0 Å². The van der Waals surface area contributed by atoms with E-state index in [4.69, 9.17) is 0 Å². The SMILES string of the molecule is CCC(CC)[C@@H](C(=O)O)N1CC(C=O)C(c2cccc(F)c2)C1. The number of hydrogen-bond donors (Lipinski definition) is 1. The Morgan fingerprint density at radius 3 is 2.61 bits per heavy atom. The van der Waals surface area contributed by atoms with Crippen LogP contribution in [0.5, 0.6) is 0 Å². The van der Waals surface area contributed by atoms with Gasteiger partial charge in [-0.3, -0.25) is 9.69 Å². The molecule has 0 saturated carbocycles. The monoisotopic (exact) mass is 321 g/mol. The molecular formula is C18H24FNO3. The highest BCUT2D eigenvalue weighted by molar-refractivity contribution is 5.74. The summed E-state index contributed by atoms with van der Waals surface area (Å²) < 4.78 is 13.5. The van der Waals surface area contributed by atoms with Crippen LogP contribution >= 0.6 is 0 Å². The summed E-state index contributed by atoms with van der Waals surface area (Å²) >= 11 is 0. The highest BCUT2D eigenvalue weighted by Crippen LogP contribution is 2.35. The van der Waals surface area contributed by atoms with Gasteiger partial charge in [0.25, 0.3) is 0 Å². The number of nitrogens with zero attached hydrogens (tertiary/aromatic N) is 1. The summed E-state index contributed by atoms with van der Waals surface area (Å²) in [5.74, 6) is -1.58.